The molecule has 0 saturated heterocycles. The predicted octanol–water partition coefficient (Wildman–Crippen LogP) is 7.16. The summed E-state index contributed by atoms with van der Waals surface area (Å²) in [7, 11) is 2.62. The summed E-state index contributed by atoms with van der Waals surface area (Å²) < 4.78 is 11.5. The molecule has 0 amide bonds. The number of nitrogens with zero attached hydrogens (tertiary/aromatic N) is 1. The lowest BCUT2D eigenvalue weighted by atomic mass is 10.1. The number of ether oxygens (including phenoxy) is 2. The molecule has 5 heteroatoms. The van der Waals surface area contributed by atoms with Gasteiger partial charge < -0.3 is 14.8 Å². The molecule has 162 valence electrons. The van der Waals surface area contributed by atoms with E-state index in [1.54, 1.807) is 12.2 Å². The molecule has 1 N–H and O–H groups in total. The number of hydrogen-bond donors (Lipinski definition) is 1. The largest absolute Gasteiger partial charge is 0.494 e. The van der Waals surface area contributed by atoms with Crippen molar-refractivity contribution in [2.24, 2.45) is 4.99 Å². The average molecular weight is 435 g/mol. The topological polar surface area (TPSA) is 42.8 Å². The van der Waals surface area contributed by atoms with Crippen LogP contribution in [0.3, 0.4) is 0 Å². The minimum Gasteiger partial charge on any atom is -0.494 e. The number of anilines is 1. The van der Waals surface area contributed by atoms with Crippen molar-refractivity contribution in [3.8, 4) is 11.5 Å². The monoisotopic (exact) mass is 434 g/mol. The Hall–Kier alpha value is -3.10. The van der Waals surface area contributed by atoms with Crippen molar-refractivity contribution >= 4 is 32.0 Å². The van der Waals surface area contributed by atoms with Gasteiger partial charge in [0.15, 0.2) is 0 Å². The first kappa shape index (κ1) is 24.2. The Labute approximate surface area is 188 Å². The maximum atomic E-state index is 5.76. The molecule has 0 aliphatic carbocycles. The fraction of sp³-hybridized carbons (Fsp3) is 0.192. The van der Waals surface area contributed by atoms with Gasteiger partial charge in [-0.2, -0.15) is 0 Å². The summed E-state index contributed by atoms with van der Waals surface area (Å²) in [6, 6.07) is 13.6. The second-order valence-electron chi connectivity index (χ2n) is 6.83. The van der Waals surface area contributed by atoms with Crippen LogP contribution in [-0.2, 0) is 0 Å². The van der Waals surface area contributed by atoms with Gasteiger partial charge in [0, 0.05) is 28.7 Å². The van der Waals surface area contributed by atoms with Crippen LogP contribution in [0.4, 0.5) is 11.4 Å². The van der Waals surface area contributed by atoms with Crippen LogP contribution in [0.25, 0.3) is 5.70 Å². The first-order valence-electron chi connectivity index (χ1n) is 10.1. The third-order valence-corrected chi connectivity index (χ3v) is 4.41. The van der Waals surface area contributed by atoms with Crippen LogP contribution >= 0.6 is 9.24 Å². The van der Waals surface area contributed by atoms with E-state index < -0.39 is 0 Å². The Kier molecular flexibility index (Phi) is 9.30. The van der Waals surface area contributed by atoms with E-state index in [-0.39, 0.29) is 5.85 Å². The average Bonchev–Trinajstić information content (AvgIpc) is 2.72. The molecule has 0 radical (unpaired) electrons. The maximum Gasteiger partial charge on any atom is 0.122 e. The second kappa shape index (κ2) is 11.9. The molecule has 2 aromatic rings. The van der Waals surface area contributed by atoms with E-state index in [9.17, 15) is 0 Å². The highest BCUT2D eigenvalue weighted by Crippen LogP contribution is 2.32. The van der Waals surface area contributed by atoms with E-state index in [4.69, 9.17) is 14.5 Å². The number of rotatable bonds is 11. The number of allylic oxidation sites excluding steroid dienone is 4. The molecule has 0 aliphatic rings. The highest BCUT2D eigenvalue weighted by atomic mass is 31.0. The Morgan fingerprint density at radius 3 is 2.61 bits per heavy atom. The fourth-order valence-electron chi connectivity index (χ4n) is 2.92. The van der Waals surface area contributed by atoms with Gasteiger partial charge in [0.05, 0.1) is 12.3 Å². The maximum absolute atomic E-state index is 5.76. The molecule has 0 aliphatic heterocycles. The molecule has 0 fully saturated rings. The summed E-state index contributed by atoms with van der Waals surface area (Å²) in [6.45, 7) is 18.3. The van der Waals surface area contributed by atoms with Gasteiger partial charge in [-0.25, -0.2) is 0 Å². The summed E-state index contributed by atoms with van der Waals surface area (Å²) in [5.74, 6) is 1.56. The number of hydrogen-bond acceptors (Lipinski definition) is 4. The molecule has 0 bridgehead atoms. The fourth-order valence-corrected chi connectivity index (χ4v) is 3.08. The zero-order chi connectivity index (χ0) is 22.8. The minimum absolute atomic E-state index is 0.0212. The van der Waals surface area contributed by atoms with Crippen molar-refractivity contribution in [3.63, 3.8) is 0 Å². The number of aliphatic imine (C=N–C) groups is 1. The first-order chi connectivity index (χ1) is 14.9. The highest BCUT2D eigenvalue weighted by Gasteiger charge is 2.10. The quantitative estimate of drug-likeness (QED) is 0.232. The summed E-state index contributed by atoms with van der Waals surface area (Å²) in [4.78, 5) is 4.82. The molecule has 2 atom stereocenters. The van der Waals surface area contributed by atoms with Crippen molar-refractivity contribution in [1.29, 1.82) is 0 Å². The molecule has 2 aromatic carbocycles. The van der Waals surface area contributed by atoms with Crippen LogP contribution in [0.15, 0.2) is 91.0 Å². The van der Waals surface area contributed by atoms with Gasteiger partial charge in [-0.3, -0.25) is 4.99 Å². The van der Waals surface area contributed by atoms with Crippen LogP contribution in [-0.4, -0.2) is 18.2 Å². The molecule has 0 aromatic heterocycles. The number of benzene rings is 2. The standard InChI is InChI=1S/C26H31N2O2P/c1-7-11-21(8-2)18(4)28-26-15-14-23(29-9-3)17-25(26)19(5)27-22-12-10-13-24(16-22)30-20(6)31/h7-8,10-17,20,27H,1-2,5,9,31H2,3-4,6H3/b21-11+,28-18?. The minimum atomic E-state index is 0.0212. The summed E-state index contributed by atoms with van der Waals surface area (Å²) in [5, 5.41) is 3.37. The van der Waals surface area contributed by atoms with Crippen LogP contribution in [0, 0.1) is 0 Å². The second-order valence-corrected chi connectivity index (χ2v) is 7.76. The molecule has 0 heterocycles. The van der Waals surface area contributed by atoms with Gasteiger partial charge in [-0.1, -0.05) is 53.3 Å². The van der Waals surface area contributed by atoms with E-state index >= 15 is 0 Å². The smallest absolute Gasteiger partial charge is 0.122 e. The van der Waals surface area contributed by atoms with Gasteiger partial charge in [0.1, 0.15) is 17.3 Å². The lowest BCUT2D eigenvalue weighted by molar-refractivity contribution is 0.307. The van der Waals surface area contributed by atoms with Crippen molar-refractivity contribution in [1.82, 2.24) is 0 Å². The highest BCUT2D eigenvalue weighted by molar-refractivity contribution is 7.17. The lowest BCUT2D eigenvalue weighted by Crippen LogP contribution is -2.03. The Morgan fingerprint density at radius 2 is 1.97 bits per heavy atom. The van der Waals surface area contributed by atoms with Crippen molar-refractivity contribution < 1.29 is 9.47 Å². The molecule has 4 nitrogen and oxygen atoms in total. The summed E-state index contributed by atoms with van der Waals surface area (Å²) in [5.41, 5.74) is 4.94. The van der Waals surface area contributed by atoms with Gasteiger partial charge in [0.25, 0.3) is 0 Å². The van der Waals surface area contributed by atoms with Crippen molar-refractivity contribution in [2.75, 3.05) is 11.9 Å². The first-order valence-corrected chi connectivity index (χ1v) is 10.8. The van der Waals surface area contributed by atoms with Gasteiger partial charge in [-0.05, 0) is 56.7 Å². The van der Waals surface area contributed by atoms with Crippen LogP contribution in [0.1, 0.15) is 26.3 Å². The molecule has 31 heavy (non-hydrogen) atoms. The van der Waals surface area contributed by atoms with E-state index in [1.165, 1.54) is 0 Å². The lowest BCUT2D eigenvalue weighted by Gasteiger charge is -2.16. The molecule has 2 unspecified atom stereocenters. The van der Waals surface area contributed by atoms with E-state index in [0.717, 1.165) is 39.7 Å². The van der Waals surface area contributed by atoms with Crippen LogP contribution < -0.4 is 14.8 Å². The normalized spacial score (nSPS) is 12.6. The summed E-state index contributed by atoms with van der Waals surface area (Å²) in [6.07, 6.45) is 5.37. The van der Waals surface area contributed by atoms with Crippen molar-refractivity contribution in [3.05, 3.63) is 91.6 Å². The molecular formula is C26H31N2O2P. The van der Waals surface area contributed by atoms with E-state index in [1.807, 2.05) is 69.3 Å². The van der Waals surface area contributed by atoms with Gasteiger partial charge in [0.2, 0.25) is 0 Å². The third-order valence-electron chi connectivity index (χ3n) is 4.28. The molecule has 0 spiro atoms. The Morgan fingerprint density at radius 1 is 1.19 bits per heavy atom. The Bertz CT molecular complexity index is 1010. The zero-order valence-corrected chi connectivity index (χ0v) is 19.7. The van der Waals surface area contributed by atoms with E-state index in [2.05, 4.69) is 34.3 Å². The predicted molar refractivity (Wildman–Crippen MR) is 138 cm³/mol. The zero-order valence-electron chi connectivity index (χ0n) is 18.5. The molecular weight excluding hydrogens is 403 g/mol. The molecule has 2 rings (SSSR count). The summed E-state index contributed by atoms with van der Waals surface area (Å²) >= 11 is 0. The van der Waals surface area contributed by atoms with Gasteiger partial charge in [-0.15, -0.1) is 0 Å². The molecule has 0 saturated carbocycles. The SMILES string of the molecule is C=C/C=C(\C=C)C(C)=Nc1ccc(OCC)cc1C(=C)Nc1cccc(OC(C)P)c1. The Balaban J connectivity index is 2.42. The van der Waals surface area contributed by atoms with Crippen molar-refractivity contribution in [2.45, 2.75) is 26.6 Å². The van der Waals surface area contributed by atoms with Crippen LogP contribution in [0.2, 0.25) is 0 Å². The van der Waals surface area contributed by atoms with E-state index in [0.29, 0.717) is 12.3 Å². The van der Waals surface area contributed by atoms with Gasteiger partial charge >= 0.3 is 0 Å². The third kappa shape index (κ3) is 7.27. The number of nitrogens with one attached hydrogen (secondary N) is 1. The van der Waals surface area contributed by atoms with Crippen LogP contribution in [0.5, 0.6) is 11.5 Å².